The summed E-state index contributed by atoms with van der Waals surface area (Å²) in [6, 6.07) is 2.77. The van der Waals surface area contributed by atoms with Crippen molar-refractivity contribution in [2.45, 2.75) is 19.5 Å². The van der Waals surface area contributed by atoms with Gasteiger partial charge in [-0.25, -0.2) is 0 Å². The molecule has 0 aliphatic heterocycles. The van der Waals surface area contributed by atoms with E-state index in [2.05, 4.69) is 0 Å². The smallest absolute Gasteiger partial charge is 0.398 e. The summed E-state index contributed by atoms with van der Waals surface area (Å²) >= 11 is 0. The minimum absolute atomic E-state index is 0.0518. The first-order chi connectivity index (χ1) is 8.27. The van der Waals surface area contributed by atoms with Crippen LogP contribution in [0.5, 0.6) is 0 Å². The zero-order chi connectivity index (χ0) is 13.9. The van der Waals surface area contributed by atoms with Crippen LogP contribution in [0.25, 0.3) is 0 Å². The van der Waals surface area contributed by atoms with Crippen LogP contribution in [-0.4, -0.2) is 24.4 Å². The van der Waals surface area contributed by atoms with E-state index in [0.717, 1.165) is 24.6 Å². The number of amides is 1. The highest BCUT2D eigenvalue weighted by Gasteiger charge is 2.31. The molecule has 1 aromatic rings. The molecule has 1 amide bonds. The fourth-order valence-corrected chi connectivity index (χ4v) is 1.56. The molecule has 18 heavy (non-hydrogen) atoms. The van der Waals surface area contributed by atoms with Gasteiger partial charge in [0.25, 0.3) is 5.91 Å². The average molecular weight is 260 g/mol. The Balaban J connectivity index is 3.12. The topological polar surface area (TPSA) is 46.3 Å². The number of rotatable bonds is 3. The molecule has 0 spiro atoms. The highest BCUT2D eigenvalue weighted by molar-refractivity contribution is 5.99. The lowest BCUT2D eigenvalue weighted by Gasteiger charge is -2.18. The molecule has 6 heteroatoms. The van der Waals surface area contributed by atoms with Gasteiger partial charge < -0.3 is 10.6 Å². The van der Waals surface area contributed by atoms with Gasteiger partial charge in [-0.1, -0.05) is 6.92 Å². The summed E-state index contributed by atoms with van der Waals surface area (Å²) in [5.41, 5.74) is 4.62. The second-order valence-electron chi connectivity index (χ2n) is 4.03. The quantitative estimate of drug-likeness (QED) is 0.849. The Hall–Kier alpha value is -1.72. The zero-order valence-corrected chi connectivity index (χ0v) is 10.2. The van der Waals surface area contributed by atoms with Gasteiger partial charge in [-0.05, 0) is 24.6 Å². The Morgan fingerprint density at radius 3 is 2.50 bits per heavy atom. The molecule has 0 aliphatic rings. The van der Waals surface area contributed by atoms with Gasteiger partial charge in [-0.3, -0.25) is 4.79 Å². The number of nitrogens with two attached hydrogens (primary N) is 1. The van der Waals surface area contributed by atoms with Gasteiger partial charge in [-0.15, -0.1) is 0 Å². The molecule has 100 valence electrons. The SMILES string of the molecule is CCCN(C)C(=O)c1cc(C(F)(F)F)ccc1N. The molecule has 0 fully saturated rings. The Bertz CT molecular complexity index is 443. The van der Waals surface area contributed by atoms with Crippen LogP contribution < -0.4 is 5.73 Å². The normalized spacial score (nSPS) is 11.4. The fraction of sp³-hybridized carbons (Fsp3) is 0.417. The van der Waals surface area contributed by atoms with Gasteiger partial charge in [0, 0.05) is 19.3 Å². The number of carbonyl (C=O) groups is 1. The van der Waals surface area contributed by atoms with E-state index in [1.54, 1.807) is 0 Å². The first kappa shape index (κ1) is 14.3. The van der Waals surface area contributed by atoms with Crippen molar-refractivity contribution in [2.24, 2.45) is 0 Å². The van der Waals surface area contributed by atoms with Gasteiger partial charge in [0.05, 0.1) is 11.1 Å². The number of halogens is 3. The third-order valence-electron chi connectivity index (χ3n) is 2.52. The van der Waals surface area contributed by atoms with E-state index in [1.807, 2.05) is 6.92 Å². The molecule has 0 heterocycles. The molecule has 0 aliphatic carbocycles. The van der Waals surface area contributed by atoms with E-state index < -0.39 is 17.6 Å². The van der Waals surface area contributed by atoms with Crippen LogP contribution in [0.4, 0.5) is 18.9 Å². The number of alkyl halides is 3. The van der Waals surface area contributed by atoms with E-state index in [4.69, 9.17) is 5.73 Å². The summed E-state index contributed by atoms with van der Waals surface area (Å²) in [5, 5.41) is 0. The van der Waals surface area contributed by atoms with Crippen LogP contribution in [0.2, 0.25) is 0 Å². The Morgan fingerprint density at radius 1 is 1.39 bits per heavy atom. The lowest BCUT2D eigenvalue weighted by Crippen LogP contribution is -2.28. The number of hydrogen-bond acceptors (Lipinski definition) is 2. The molecule has 1 rings (SSSR count). The second kappa shape index (κ2) is 5.29. The van der Waals surface area contributed by atoms with Crippen molar-refractivity contribution in [3.05, 3.63) is 29.3 Å². The van der Waals surface area contributed by atoms with E-state index in [-0.39, 0.29) is 11.3 Å². The number of nitrogens with zero attached hydrogens (tertiary/aromatic N) is 1. The largest absolute Gasteiger partial charge is 0.416 e. The maximum atomic E-state index is 12.5. The molecule has 0 radical (unpaired) electrons. The van der Waals surface area contributed by atoms with Crippen molar-refractivity contribution < 1.29 is 18.0 Å². The molecule has 0 saturated carbocycles. The summed E-state index contributed by atoms with van der Waals surface area (Å²) in [6.45, 7) is 2.34. The third kappa shape index (κ3) is 3.15. The molecule has 0 unspecified atom stereocenters. The Morgan fingerprint density at radius 2 is 2.00 bits per heavy atom. The first-order valence-corrected chi connectivity index (χ1v) is 5.49. The van der Waals surface area contributed by atoms with Crippen molar-refractivity contribution in [1.82, 2.24) is 4.90 Å². The number of nitrogen functional groups attached to an aromatic ring is 1. The summed E-state index contributed by atoms with van der Waals surface area (Å²) in [7, 11) is 1.53. The van der Waals surface area contributed by atoms with Crippen molar-refractivity contribution in [3.63, 3.8) is 0 Å². The number of anilines is 1. The lowest BCUT2D eigenvalue weighted by atomic mass is 10.1. The van der Waals surface area contributed by atoms with E-state index in [1.165, 1.54) is 11.9 Å². The number of carbonyl (C=O) groups excluding carboxylic acids is 1. The van der Waals surface area contributed by atoms with Crippen molar-refractivity contribution in [1.29, 1.82) is 0 Å². The number of hydrogen-bond donors (Lipinski definition) is 1. The van der Waals surface area contributed by atoms with Crippen LogP contribution in [0.3, 0.4) is 0 Å². The molecular weight excluding hydrogens is 245 g/mol. The highest BCUT2D eigenvalue weighted by Crippen LogP contribution is 2.31. The van der Waals surface area contributed by atoms with Crippen molar-refractivity contribution in [3.8, 4) is 0 Å². The molecule has 1 aromatic carbocycles. The lowest BCUT2D eigenvalue weighted by molar-refractivity contribution is -0.137. The minimum Gasteiger partial charge on any atom is -0.398 e. The highest BCUT2D eigenvalue weighted by atomic mass is 19.4. The standard InChI is InChI=1S/C12H15F3N2O/c1-3-6-17(2)11(18)9-7-8(12(13,14)15)4-5-10(9)16/h4-5,7H,3,6,16H2,1-2H3. The summed E-state index contributed by atoms with van der Waals surface area (Å²) in [4.78, 5) is 13.3. The predicted molar refractivity (Wildman–Crippen MR) is 63.1 cm³/mol. The molecule has 3 nitrogen and oxygen atoms in total. The Kier molecular flexibility index (Phi) is 4.21. The van der Waals surface area contributed by atoms with Crippen LogP contribution in [0.15, 0.2) is 18.2 Å². The van der Waals surface area contributed by atoms with E-state index >= 15 is 0 Å². The second-order valence-corrected chi connectivity index (χ2v) is 4.03. The van der Waals surface area contributed by atoms with E-state index in [9.17, 15) is 18.0 Å². The van der Waals surface area contributed by atoms with Crippen LogP contribution in [0.1, 0.15) is 29.3 Å². The summed E-state index contributed by atoms with van der Waals surface area (Å²) in [5.74, 6) is -0.500. The summed E-state index contributed by atoms with van der Waals surface area (Å²) < 4.78 is 37.6. The first-order valence-electron chi connectivity index (χ1n) is 5.49. The van der Waals surface area contributed by atoms with Gasteiger partial charge >= 0.3 is 6.18 Å². The maximum Gasteiger partial charge on any atom is 0.416 e. The fourth-order valence-electron chi connectivity index (χ4n) is 1.56. The van der Waals surface area contributed by atoms with Crippen LogP contribution in [-0.2, 0) is 6.18 Å². The maximum absolute atomic E-state index is 12.5. The summed E-state index contributed by atoms with van der Waals surface area (Å²) in [6.07, 6.45) is -3.76. The van der Waals surface area contributed by atoms with Crippen molar-refractivity contribution >= 4 is 11.6 Å². The number of benzene rings is 1. The molecule has 0 bridgehead atoms. The van der Waals surface area contributed by atoms with Gasteiger partial charge in [0.15, 0.2) is 0 Å². The van der Waals surface area contributed by atoms with Gasteiger partial charge in [0.1, 0.15) is 0 Å². The molecule has 2 N–H and O–H groups in total. The van der Waals surface area contributed by atoms with Crippen LogP contribution in [0, 0.1) is 0 Å². The minimum atomic E-state index is -4.48. The van der Waals surface area contributed by atoms with Gasteiger partial charge in [-0.2, -0.15) is 13.2 Å². The van der Waals surface area contributed by atoms with Gasteiger partial charge in [0.2, 0.25) is 0 Å². The van der Waals surface area contributed by atoms with Crippen molar-refractivity contribution in [2.75, 3.05) is 19.3 Å². The predicted octanol–water partition coefficient (Wildman–Crippen LogP) is 2.77. The molecule has 0 saturated heterocycles. The average Bonchev–Trinajstić information content (AvgIpc) is 2.27. The Labute approximate surface area is 103 Å². The molecular formula is C12H15F3N2O. The zero-order valence-electron chi connectivity index (χ0n) is 10.2. The molecule has 0 atom stereocenters. The molecule has 0 aromatic heterocycles. The van der Waals surface area contributed by atoms with E-state index in [0.29, 0.717) is 6.54 Å². The van der Waals surface area contributed by atoms with Crippen LogP contribution >= 0.6 is 0 Å². The monoisotopic (exact) mass is 260 g/mol. The third-order valence-corrected chi connectivity index (χ3v) is 2.52.